The van der Waals surface area contributed by atoms with Crippen molar-refractivity contribution >= 4 is 207 Å². The van der Waals surface area contributed by atoms with Crippen LogP contribution in [0.1, 0.15) is 0 Å². The first kappa shape index (κ1) is 26.2. The third kappa shape index (κ3) is 4.97. The highest BCUT2D eigenvalue weighted by Gasteiger charge is 2.73. The standard InChI is InChI=1S/C6HBr13O/c7-1(8,2(9,10)5(14,15)16)4(13,20)3(11,12)6(17,18)19/h20H. The van der Waals surface area contributed by atoms with Crippen LogP contribution in [-0.2, 0) is 0 Å². The van der Waals surface area contributed by atoms with Gasteiger partial charge in [0.2, 0.25) is 0 Å². The molecule has 0 heterocycles. The van der Waals surface area contributed by atoms with Gasteiger partial charge in [-0.1, -0.05) is 191 Å². The lowest BCUT2D eigenvalue weighted by atomic mass is 10.1. The summed E-state index contributed by atoms with van der Waals surface area (Å²) in [6.45, 7) is 0. The summed E-state index contributed by atoms with van der Waals surface area (Å²) in [7, 11) is 0. The summed E-state index contributed by atoms with van der Waals surface area (Å²) in [6.07, 6.45) is 0. The minimum Gasteiger partial charge on any atom is -0.374 e. The van der Waals surface area contributed by atoms with Crippen molar-refractivity contribution in [3.8, 4) is 0 Å². The fourth-order valence-electron chi connectivity index (χ4n) is 0.771. The minimum atomic E-state index is -1.63. The first-order chi connectivity index (χ1) is 8.25. The van der Waals surface area contributed by atoms with E-state index in [0.717, 1.165) is 0 Å². The van der Waals surface area contributed by atoms with Gasteiger partial charge in [-0.05, 0) is 15.9 Å². The van der Waals surface area contributed by atoms with E-state index < -0.39 is 18.5 Å². The van der Waals surface area contributed by atoms with Gasteiger partial charge in [0.15, 0.2) is 12.0 Å². The Morgan fingerprint density at radius 3 is 0.850 bits per heavy atom. The molecule has 0 aromatic carbocycles. The van der Waals surface area contributed by atoms with Crippen molar-refractivity contribution in [2.24, 2.45) is 0 Å². The maximum Gasteiger partial charge on any atom is 0.174 e. The maximum absolute atomic E-state index is 11.1. The summed E-state index contributed by atoms with van der Waals surface area (Å²) < 4.78 is -6.62. The molecule has 0 spiro atoms. The molecular formula is C6HBr13O. The second kappa shape index (κ2) is 8.29. The van der Waals surface area contributed by atoms with E-state index in [1.807, 2.05) is 0 Å². The van der Waals surface area contributed by atoms with Gasteiger partial charge in [-0.15, -0.1) is 0 Å². The number of rotatable bonds is 3. The number of hydrogen-bond donors (Lipinski definition) is 1. The Morgan fingerprint density at radius 1 is 0.400 bits per heavy atom. The van der Waals surface area contributed by atoms with E-state index in [2.05, 4.69) is 207 Å². The normalized spacial score (nSPS) is 18.9. The molecule has 122 valence electrons. The van der Waals surface area contributed by atoms with Crippen LogP contribution in [0.4, 0.5) is 0 Å². The highest BCUT2D eigenvalue weighted by atomic mass is 80.0. The summed E-state index contributed by atoms with van der Waals surface area (Å²) in [6, 6.07) is 0. The summed E-state index contributed by atoms with van der Waals surface area (Å²) in [5.41, 5.74) is 0. The quantitative estimate of drug-likeness (QED) is 0.280. The lowest BCUT2D eigenvalue weighted by molar-refractivity contribution is 0.128. The van der Waals surface area contributed by atoms with Gasteiger partial charge >= 0.3 is 0 Å². The average molecular weight is 1130 g/mol. The van der Waals surface area contributed by atoms with Crippen LogP contribution in [0.2, 0.25) is 0 Å². The zero-order valence-electron chi connectivity index (χ0n) is 8.36. The van der Waals surface area contributed by atoms with Crippen LogP contribution in [-0.4, -0.2) is 23.6 Å². The van der Waals surface area contributed by atoms with Crippen molar-refractivity contribution in [3.05, 3.63) is 0 Å². The molecule has 1 atom stereocenters. The Labute approximate surface area is 226 Å². The largest absolute Gasteiger partial charge is 0.374 e. The fraction of sp³-hybridized carbons (Fsp3) is 1.00. The molecule has 0 bridgehead atoms. The molecule has 0 aromatic heterocycles. The number of aliphatic hydroxyl groups is 1. The minimum absolute atomic E-state index is 0.821. The molecule has 14 heteroatoms. The van der Waals surface area contributed by atoms with Crippen LogP contribution in [0, 0.1) is 0 Å². The van der Waals surface area contributed by atoms with Gasteiger partial charge in [0.25, 0.3) is 0 Å². The zero-order valence-corrected chi connectivity index (χ0v) is 29.0. The van der Waals surface area contributed by atoms with Crippen molar-refractivity contribution in [2.45, 2.75) is 18.5 Å². The predicted octanol–water partition coefficient (Wildman–Crippen LogP) is 9.21. The summed E-state index contributed by atoms with van der Waals surface area (Å²) >= 11 is 44.7. The van der Waals surface area contributed by atoms with Gasteiger partial charge in [0, 0.05) is 0 Å². The van der Waals surface area contributed by atoms with Crippen molar-refractivity contribution in [2.75, 3.05) is 0 Å². The third-order valence-corrected chi connectivity index (χ3v) is 24.4. The van der Waals surface area contributed by atoms with Crippen LogP contribution < -0.4 is 0 Å². The summed E-state index contributed by atoms with van der Waals surface area (Å²) in [5, 5.41) is 11.1. The summed E-state index contributed by atoms with van der Waals surface area (Å²) in [5.74, 6) is 0. The van der Waals surface area contributed by atoms with E-state index >= 15 is 0 Å². The molecule has 0 rings (SSSR count). The number of alkyl halides is 13. The van der Waals surface area contributed by atoms with Gasteiger partial charge in [0.05, 0.1) is 0 Å². The Morgan fingerprint density at radius 2 is 0.650 bits per heavy atom. The smallest absolute Gasteiger partial charge is 0.174 e. The highest BCUT2D eigenvalue weighted by Crippen LogP contribution is 2.72. The Kier molecular flexibility index (Phi) is 10.9. The van der Waals surface area contributed by atoms with Crippen molar-refractivity contribution in [3.63, 3.8) is 0 Å². The van der Waals surface area contributed by atoms with E-state index in [0.29, 0.717) is 0 Å². The van der Waals surface area contributed by atoms with E-state index in [1.54, 1.807) is 0 Å². The predicted molar refractivity (Wildman–Crippen MR) is 135 cm³/mol. The van der Waals surface area contributed by atoms with Gasteiger partial charge in [-0.2, -0.15) is 0 Å². The Hall–Kier alpha value is 6.20. The first-order valence-electron chi connectivity index (χ1n) is 3.93. The van der Waals surface area contributed by atoms with Gasteiger partial charge in [0.1, 0.15) is 6.47 Å². The van der Waals surface area contributed by atoms with Crippen LogP contribution in [0.3, 0.4) is 0 Å². The SMILES string of the molecule is OC(Br)(C(Br)(Br)C(Br)(Br)Br)C(Br)(Br)C(Br)(Br)C(Br)(Br)Br. The maximum atomic E-state index is 11.1. The molecule has 1 N–H and O–H groups in total. The highest BCUT2D eigenvalue weighted by molar-refractivity contribution is 9.42. The monoisotopic (exact) mass is 1110 g/mol. The van der Waals surface area contributed by atoms with Crippen LogP contribution in [0.15, 0.2) is 0 Å². The number of hydrogen-bond acceptors (Lipinski definition) is 1. The fourth-order valence-corrected chi connectivity index (χ4v) is 9.47. The van der Waals surface area contributed by atoms with Crippen molar-refractivity contribution in [1.29, 1.82) is 0 Å². The van der Waals surface area contributed by atoms with E-state index in [1.165, 1.54) is 0 Å². The molecule has 0 amide bonds. The van der Waals surface area contributed by atoms with E-state index in [4.69, 9.17) is 0 Å². The van der Waals surface area contributed by atoms with Crippen molar-refractivity contribution in [1.82, 2.24) is 0 Å². The second-order valence-electron chi connectivity index (χ2n) is 3.34. The number of halogens is 13. The lowest BCUT2D eigenvalue weighted by Gasteiger charge is -2.52. The van der Waals surface area contributed by atoms with Crippen LogP contribution in [0.5, 0.6) is 0 Å². The van der Waals surface area contributed by atoms with Gasteiger partial charge in [-0.3, -0.25) is 0 Å². The van der Waals surface area contributed by atoms with E-state index in [9.17, 15) is 5.11 Å². The molecule has 0 aliphatic heterocycles. The first-order valence-corrected chi connectivity index (χ1v) is 14.2. The zero-order chi connectivity index (χ0) is 17.0. The molecular weight excluding hydrogens is 1130 g/mol. The van der Waals surface area contributed by atoms with E-state index in [-0.39, 0.29) is 0 Å². The molecule has 0 aliphatic rings. The molecule has 20 heavy (non-hydrogen) atoms. The van der Waals surface area contributed by atoms with Crippen molar-refractivity contribution < 1.29 is 5.11 Å². The summed E-state index contributed by atoms with van der Waals surface area (Å²) in [4.78, 5) is 0. The lowest BCUT2D eigenvalue weighted by Crippen LogP contribution is -2.65. The molecule has 0 aliphatic carbocycles. The van der Waals surface area contributed by atoms with Gasteiger partial charge < -0.3 is 5.11 Å². The Balaban J connectivity index is 6.08. The topological polar surface area (TPSA) is 20.2 Å². The molecule has 1 unspecified atom stereocenters. The van der Waals surface area contributed by atoms with Gasteiger partial charge in [-0.25, -0.2) is 0 Å². The van der Waals surface area contributed by atoms with Crippen LogP contribution >= 0.6 is 207 Å². The molecule has 0 fully saturated rings. The molecule has 0 saturated heterocycles. The molecule has 1 nitrogen and oxygen atoms in total. The Bertz CT molecular complexity index is 324. The molecule has 0 radical (unpaired) electrons. The third-order valence-electron chi connectivity index (χ3n) is 1.94. The second-order valence-corrected chi connectivity index (χ2v) is 28.3. The van der Waals surface area contributed by atoms with Crippen LogP contribution in [0.25, 0.3) is 0 Å². The molecule has 0 aromatic rings. The average Bonchev–Trinajstić information content (AvgIpc) is 2.12. The molecule has 0 saturated carbocycles.